The molecule has 2 atom stereocenters. The molecule has 1 saturated carbocycles. The van der Waals surface area contributed by atoms with Crippen LogP contribution in [-0.2, 0) is 16.0 Å². The minimum Gasteiger partial charge on any atom is -0.361 e. The van der Waals surface area contributed by atoms with Crippen molar-refractivity contribution in [3.05, 3.63) is 47.7 Å². The summed E-state index contributed by atoms with van der Waals surface area (Å²) in [5.41, 5.74) is 2.24. The Labute approximate surface area is 187 Å². The minimum absolute atomic E-state index is 0.0937. The predicted octanol–water partition coefficient (Wildman–Crippen LogP) is 2.83. The van der Waals surface area contributed by atoms with E-state index in [1.165, 1.54) is 0 Å². The average molecular weight is 435 g/mol. The van der Waals surface area contributed by atoms with E-state index in [0.29, 0.717) is 31.8 Å². The number of amides is 2. The zero-order chi connectivity index (χ0) is 22.1. The van der Waals surface area contributed by atoms with Crippen LogP contribution in [0.1, 0.15) is 55.2 Å². The quantitative estimate of drug-likeness (QED) is 0.554. The maximum absolute atomic E-state index is 13.1. The third kappa shape index (κ3) is 4.13. The number of para-hydroxylation sites is 1. The van der Waals surface area contributed by atoms with Gasteiger partial charge in [0.05, 0.1) is 12.0 Å². The van der Waals surface area contributed by atoms with E-state index in [0.717, 1.165) is 48.0 Å². The molecule has 3 N–H and O–H groups in total. The average Bonchev–Trinajstić information content (AvgIpc) is 3.58. The molecule has 0 unspecified atom stereocenters. The molecular weight excluding hydrogens is 404 g/mol. The number of carbonyl (C=O) groups excluding carboxylic acids is 2. The van der Waals surface area contributed by atoms with Gasteiger partial charge in [0.2, 0.25) is 11.8 Å². The molecule has 3 heterocycles. The van der Waals surface area contributed by atoms with Gasteiger partial charge in [-0.1, -0.05) is 31.0 Å². The number of H-pyrrole nitrogens is 2. The zero-order valence-electron chi connectivity index (χ0n) is 18.4. The summed E-state index contributed by atoms with van der Waals surface area (Å²) in [5, 5.41) is 11.6. The van der Waals surface area contributed by atoms with Gasteiger partial charge in [0, 0.05) is 42.5 Å². The van der Waals surface area contributed by atoms with Crippen molar-refractivity contribution in [1.29, 1.82) is 0 Å². The number of likely N-dealkylation sites (tertiary alicyclic amines) is 1. The van der Waals surface area contributed by atoms with Crippen LogP contribution in [-0.4, -0.2) is 56.0 Å². The Morgan fingerprint density at radius 3 is 2.78 bits per heavy atom. The van der Waals surface area contributed by atoms with Crippen molar-refractivity contribution in [2.75, 3.05) is 13.1 Å². The van der Waals surface area contributed by atoms with E-state index in [1.807, 2.05) is 36.2 Å². The number of benzene rings is 1. The van der Waals surface area contributed by atoms with E-state index < -0.39 is 0 Å². The van der Waals surface area contributed by atoms with E-state index in [1.54, 1.807) is 0 Å². The molecule has 1 aliphatic heterocycles. The Bertz CT molecular complexity index is 1110. The van der Waals surface area contributed by atoms with E-state index in [4.69, 9.17) is 0 Å². The summed E-state index contributed by atoms with van der Waals surface area (Å²) in [6.07, 6.45) is 7.25. The molecule has 8 nitrogen and oxygen atoms in total. The Morgan fingerprint density at radius 1 is 1.19 bits per heavy atom. The van der Waals surface area contributed by atoms with E-state index >= 15 is 0 Å². The van der Waals surface area contributed by atoms with Crippen molar-refractivity contribution in [3.63, 3.8) is 0 Å². The summed E-state index contributed by atoms with van der Waals surface area (Å²) in [4.78, 5) is 35.5. The first kappa shape index (κ1) is 20.7. The highest BCUT2D eigenvalue weighted by atomic mass is 16.2. The van der Waals surface area contributed by atoms with Gasteiger partial charge in [-0.15, -0.1) is 0 Å². The van der Waals surface area contributed by atoms with Crippen LogP contribution in [0.4, 0.5) is 0 Å². The van der Waals surface area contributed by atoms with Gasteiger partial charge in [0.1, 0.15) is 5.82 Å². The van der Waals surface area contributed by atoms with Crippen LogP contribution in [0.3, 0.4) is 0 Å². The Hall–Kier alpha value is -3.16. The molecule has 32 heavy (non-hydrogen) atoms. The highest BCUT2D eigenvalue weighted by molar-refractivity contribution is 5.84. The topological polar surface area (TPSA) is 107 Å². The predicted molar refractivity (Wildman–Crippen MR) is 121 cm³/mol. The molecule has 1 saturated heterocycles. The van der Waals surface area contributed by atoms with Gasteiger partial charge < -0.3 is 15.2 Å². The molecule has 0 spiro atoms. The third-order valence-corrected chi connectivity index (χ3v) is 6.96. The molecule has 1 aliphatic carbocycles. The summed E-state index contributed by atoms with van der Waals surface area (Å²) >= 11 is 0. The lowest BCUT2D eigenvalue weighted by Gasteiger charge is -2.20. The molecule has 2 aliphatic rings. The second-order valence-electron chi connectivity index (χ2n) is 9.14. The Morgan fingerprint density at radius 2 is 2.00 bits per heavy atom. The molecule has 8 heteroatoms. The van der Waals surface area contributed by atoms with Crippen molar-refractivity contribution in [2.45, 2.75) is 57.4 Å². The number of nitrogens with zero attached hydrogens (tertiary/aromatic N) is 3. The lowest BCUT2D eigenvalue weighted by atomic mass is 10.0. The third-order valence-electron chi connectivity index (χ3n) is 6.96. The second kappa shape index (κ2) is 8.76. The van der Waals surface area contributed by atoms with Crippen LogP contribution >= 0.6 is 0 Å². The molecule has 2 fully saturated rings. The first-order valence-corrected chi connectivity index (χ1v) is 11.6. The fraction of sp³-hybridized carbons (Fsp3) is 0.500. The van der Waals surface area contributed by atoms with Crippen LogP contribution in [0.15, 0.2) is 30.5 Å². The van der Waals surface area contributed by atoms with Crippen LogP contribution in [0.5, 0.6) is 0 Å². The second-order valence-corrected chi connectivity index (χ2v) is 9.14. The number of carbonyl (C=O) groups is 2. The Kier molecular flexibility index (Phi) is 5.68. The van der Waals surface area contributed by atoms with E-state index in [-0.39, 0.29) is 29.7 Å². The molecule has 5 rings (SSSR count). The smallest absolute Gasteiger partial charge is 0.223 e. The molecule has 0 bridgehead atoms. The summed E-state index contributed by atoms with van der Waals surface area (Å²) in [5.74, 6) is 1.62. The lowest BCUT2D eigenvalue weighted by molar-refractivity contribution is -0.130. The number of aryl methyl sites for hydroxylation is 2. The normalized spacial score (nSPS) is 21.5. The first-order chi connectivity index (χ1) is 15.6. The summed E-state index contributed by atoms with van der Waals surface area (Å²) < 4.78 is 0. The fourth-order valence-corrected chi connectivity index (χ4v) is 5.17. The molecule has 3 aromatic rings. The molecule has 168 valence electrons. The minimum atomic E-state index is -0.157. The number of fused-ring (bicyclic) bond motifs is 1. The van der Waals surface area contributed by atoms with Gasteiger partial charge in [-0.2, -0.15) is 5.10 Å². The van der Waals surface area contributed by atoms with Crippen molar-refractivity contribution in [1.82, 2.24) is 30.4 Å². The van der Waals surface area contributed by atoms with Crippen LogP contribution in [0.2, 0.25) is 0 Å². The van der Waals surface area contributed by atoms with Crippen molar-refractivity contribution in [3.8, 4) is 0 Å². The van der Waals surface area contributed by atoms with Crippen molar-refractivity contribution < 1.29 is 9.59 Å². The highest BCUT2D eigenvalue weighted by Gasteiger charge is 2.40. The standard InChI is InChI=1S/C24H30N6O2/c1-15-26-23(29-28-15)19-13-30(14-21(19)27-24(32)16-6-2-3-7-16)22(31)11-10-17-12-25-20-9-5-4-8-18(17)20/h4-5,8-9,12,16,19,21,25H,2-3,6-7,10-11,13-14H2,1H3,(H,27,32)(H,26,28,29)/t19-,21-/m1/s1. The molecule has 0 radical (unpaired) electrons. The largest absolute Gasteiger partial charge is 0.361 e. The van der Waals surface area contributed by atoms with E-state index in [2.05, 4.69) is 31.5 Å². The molecule has 2 amide bonds. The maximum Gasteiger partial charge on any atom is 0.223 e. The maximum atomic E-state index is 13.1. The first-order valence-electron chi connectivity index (χ1n) is 11.6. The molecule has 2 aromatic heterocycles. The van der Waals surface area contributed by atoms with Crippen LogP contribution in [0.25, 0.3) is 10.9 Å². The fourth-order valence-electron chi connectivity index (χ4n) is 5.17. The number of hydrogen-bond donors (Lipinski definition) is 3. The van der Waals surface area contributed by atoms with Gasteiger partial charge in [0.25, 0.3) is 0 Å². The SMILES string of the molecule is Cc1nc([C@@H]2CN(C(=O)CCc3c[nH]c4ccccc34)C[C@H]2NC(=O)C2CCCC2)n[nH]1. The number of hydrogen-bond acceptors (Lipinski definition) is 4. The monoisotopic (exact) mass is 434 g/mol. The number of aromatic amines is 2. The summed E-state index contributed by atoms with van der Waals surface area (Å²) in [7, 11) is 0. The van der Waals surface area contributed by atoms with Gasteiger partial charge in [-0.05, 0) is 37.8 Å². The number of rotatable bonds is 6. The van der Waals surface area contributed by atoms with Crippen molar-refractivity contribution in [2.24, 2.45) is 5.92 Å². The van der Waals surface area contributed by atoms with Gasteiger partial charge in [-0.3, -0.25) is 14.7 Å². The Balaban J connectivity index is 1.27. The summed E-state index contributed by atoms with van der Waals surface area (Å²) in [6, 6.07) is 7.99. The van der Waals surface area contributed by atoms with Crippen LogP contribution < -0.4 is 5.32 Å². The number of nitrogens with one attached hydrogen (secondary N) is 3. The van der Waals surface area contributed by atoms with Gasteiger partial charge in [-0.25, -0.2) is 4.98 Å². The van der Waals surface area contributed by atoms with E-state index in [9.17, 15) is 9.59 Å². The molecule has 1 aromatic carbocycles. The lowest BCUT2D eigenvalue weighted by Crippen LogP contribution is -2.43. The zero-order valence-corrected chi connectivity index (χ0v) is 18.4. The van der Waals surface area contributed by atoms with Gasteiger partial charge in [0.15, 0.2) is 5.82 Å². The number of aromatic nitrogens is 4. The molecular formula is C24H30N6O2. The van der Waals surface area contributed by atoms with Gasteiger partial charge >= 0.3 is 0 Å². The van der Waals surface area contributed by atoms with Crippen molar-refractivity contribution >= 4 is 22.7 Å². The summed E-state index contributed by atoms with van der Waals surface area (Å²) in [6.45, 7) is 2.89. The highest BCUT2D eigenvalue weighted by Crippen LogP contribution is 2.29. The van der Waals surface area contributed by atoms with Crippen LogP contribution in [0, 0.1) is 12.8 Å².